The van der Waals surface area contributed by atoms with Gasteiger partial charge in [-0.2, -0.15) is 0 Å². The van der Waals surface area contributed by atoms with Gasteiger partial charge >= 0.3 is 23.9 Å². The van der Waals surface area contributed by atoms with Crippen molar-refractivity contribution in [2.45, 2.75) is 58.2 Å². The predicted molar refractivity (Wildman–Crippen MR) is 120 cm³/mol. The third-order valence-corrected chi connectivity index (χ3v) is 5.52. The van der Waals surface area contributed by atoms with Crippen LogP contribution in [0.5, 0.6) is 5.75 Å². The van der Waals surface area contributed by atoms with E-state index in [-0.39, 0.29) is 6.61 Å². The molecule has 0 radical (unpaired) electrons. The standard InChI is InChI=1S/C24H29NO10/c1-12(26)31-11-20-22(32-13(2)27)24(34-15(4)29)23(33-14(3)28)21(35-20)18-10-25(5)19-8-7-16(30-6)9-17(18)19/h7-10,20-24H,11H2,1-6H3/t20-,21+,22-,23+,24+/m1/s1. The van der Waals surface area contributed by atoms with Gasteiger partial charge in [-0.3, -0.25) is 19.2 Å². The first-order valence-electron chi connectivity index (χ1n) is 10.9. The molecule has 2 aromatic rings. The van der Waals surface area contributed by atoms with Crippen molar-refractivity contribution >= 4 is 34.8 Å². The van der Waals surface area contributed by atoms with Crippen LogP contribution >= 0.6 is 0 Å². The van der Waals surface area contributed by atoms with Gasteiger partial charge < -0.3 is 33.0 Å². The van der Waals surface area contributed by atoms with Crippen LogP contribution in [0.2, 0.25) is 0 Å². The summed E-state index contributed by atoms with van der Waals surface area (Å²) < 4.78 is 35.2. The molecule has 11 nitrogen and oxygen atoms in total. The second kappa shape index (κ2) is 10.8. The molecule has 0 aliphatic carbocycles. The molecule has 1 aliphatic heterocycles. The molecule has 1 aromatic carbocycles. The molecule has 1 aliphatic rings. The lowest BCUT2D eigenvalue weighted by Gasteiger charge is -2.44. The van der Waals surface area contributed by atoms with Gasteiger partial charge in [0, 0.05) is 57.4 Å². The molecular formula is C24H29NO10. The fourth-order valence-corrected chi connectivity index (χ4v) is 4.23. The Bertz CT molecular complexity index is 1120. The van der Waals surface area contributed by atoms with Crippen molar-refractivity contribution in [3.8, 4) is 5.75 Å². The van der Waals surface area contributed by atoms with Gasteiger partial charge in [0.05, 0.1) is 7.11 Å². The van der Waals surface area contributed by atoms with Gasteiger partial charge in [-0.15, -0.1) is 0 Å². The number of carbonyl (C=O) groups excluding carboxylic acids is 4. The van der Waals surface area contributed by atoms with Crippen molar-refractivity contribution in [1.82, 2.24) is 4.57 Å². The first kappa shape index (κ1) is 26.0. The number of fused-ring (bicyclic) bond motifs is 1. The average molecular weight is 491 g/mol. The number of aryl methyl sites for hydroxylation is 1. The maximum absolute atomic E-state index is 12.1. The number of nitrogens with zero attached hydrogens (tertiary/aromatic N) is 1. The molecule has 0 spiro atoms. The van der Waals surface area contributed by atoms with Gasteiger partial charge in [0.2, 0.25) is 0 Å². The summed E-state index contributed by atoms with van der Waals surface area (Å²) in [6, 6.07) is 5.47. The summed E-state index contributed by atoms with van der Waals surface area (Å²) in [5.74, 6) is -2.00. The summed E-state index contributed by atoms with van der Waals surface area (Å²) in [5.41, 5.74) is 1.45. The second-order valence-corrected chi connectivity index (χ2v) is 8.20. The van der Waals surface area contributed by atoms with Crippen LogP contribution in [-0.2, 0) is 49.9 Å². The first-order valence-corrected chi connectivity index (χ1v) is 10.9. The Morgan fingerprint density at radius 3 is 2.06 bits per heavy atom. The Labute approximate surface area is 202 Å². The number of hydrogen-bond acceptors (Lipinski definition) is 10. The molecule has 0 amide bonds. The summed E-state index contributed by atoms with van der Waals surface area (Å²) in [6.07, 6.45) is -3.81. The van der Waals surface area contributed by atoms with Gasteiger partial charge in [0.15, 0.2) is 18.3 Å². The summed E-state index contributed by atoms with van der Waals surface area (Å²) in [5, 5.41) is 0.743. The molecule has 1 aromatic heterocycles. The zero-order valence-corrected chi connectivity index (χ0v) is 20.4. The van der Waals surface area contributed by atoms with Crippen LogP contribution in [0.25, 0.3) is 10.9 Å². The van der Waals surface area contributed by atoms with Crippen LogP contribution in [0.4, 0.5) is 0 Å². The SMILES string of the molecule is COc1ccc2c(c1)c([C@@H]1O[C@H](COC(C)=O)[C@@H](OC(C)=O)[C@H](OC(C)=O)[C@H]1OC(C)=O)cn2C. The van der Waals surface area contributed by atoms with E-state index in [4.69, 9.17) is 28.4 Å². The van der Waals surface area contributed by atoms with Crippen molar-refractivity contribution in [2.75, 3.05) is 13.7 Å². The lowest BCUT2D eigenvalue weighted by molar-refractivity contribution is -0.254. The lowest BCUT2D eigenvalue weighted by Crippen LogP contribution is -2.59. The molecule has 35 heavy (non-hydrogen) atoms. The highest BCUT2D eigenvalue weighted by atomic mass is 16.7. The number of aromatic nitrogens is 1. The predicted octanol–water partition coefficient (Wildman–Crippen LogP) is 1.98. The van der Waals surface area contributed by atoms with Crippen LogP contribution in [0.1, 0.15) is 39.4 Å². The molecule has 3 rings (SSSR count). The minimum absolute atomic E-state index is 0.289. The third kappa shape index (κ3) is 5.91. The molecule has 190 valence electrons. The largest absolute Gasteiger partial charge is 0.497 e. The van der Waals surface area contributed by atoms with Crippen LogP contribution in [-0.4, -0.2) is 66.6 Å². The maximum Gasteiger partial charge on any atom is 0.303 e. The van der Waals surface area contributed by atoms with Crippen LogP contribution in [0.15, 0.2) is 24.4 Å². The number of ether oxygens (including phenoxy) is 6. The van der Waals surface area contributed by atoms with E-state index in [1.807, 2.05) is 17.7 Å². The van der Waals surface area contributed by atoms with E-state index in [1.165, 1.54) is 34.8 Å². The lowest BCUT2D eigenvalue weighted by atomic mass is 9.90. The monoisotopic (exact) mass is 491 g/mol. The Morgan fingerprint density at radius 2 is 1.49 bits per heavy atom. The van der Waals surface area contributed by atoms with Crippen LogP contribution < -0.4 is 4.74 Å². The highest BCUT2D eigenvalue weighted by Gasteiger charge is 2.53. The smallest absolute Gasteiger partial charge is 0.303 e. The third-order valence-electron chi connectivity index (χ3n) is 5.52. The molecular weight excluding hydrogens is 462 g/mol. The Kier molecular flexibility index (Phi) is 8.00. The summed E-state index contributed by atoms with van der Waals surface area (Å²) in [7, 11) is 3.38. The summed E-state index contributed by atoms with van der Waals surface area (Å²) in [4.78, 5) is 47.6. The van der Waals surface area contributed by atoms with Crippen LogP contribution in [0, 0.1) is 0 Å². The fourth-order valence-electron chi connectivity index (χ4n) is 4.23. The maximum atomic E-state index is 12.1. The minimum Gasteiger partial charge on any atom is -0.497 e. The van der Waals surface area contributed by atoms with Crippen molar-refractivity contribution in [1.29, 1.82) is 0 Å². The number of benzene rings is 1. The van der Waals surface area contributed by atoms with Crippen LogP contribution in [0.3, 0.4) is 0 Å². The zero-order chi connectivity index (χ0) is 25.9. The van der Waals surface area contributed by atoms with Crippen molar-refractivity contribution in [2.24, 2.45) is 7.05 Å². The first-order chi connectivity index (χ1) is 16.5. The minimum atomic E-state index is -1.24. The van der Waals surface area contributed by atoms with Gasteiger partial charge in [-0.1, -0.05) is 0 Å². The van der Waals surface area contributed by atoms with E-state index < -0.39 is 54.4 Å². The van der Waals surface area contributed by atoms with Crippen molar-refractivity contribution in [3.05, 3.63) is 30.0 Å². The van der Waals surface area contributed by atoms with Gasteiger partial charge in [0.25, 0.3) is 0 Å². The molecule has 1 saturated heterocycles. The highest BCUT2D eigenvalue weighted by molar-refractivity contribution is 5.86. The van der Waals surface area contributed by atoms with E-state index in [9.17, 15) is 19.2 Å². The topological polar surface area (TPSA) is 129 Å². The molecule has 0 unspecified atom stereocenters. The van der Waals surface area contributed by atoms with Crippen molar-refractivity contribution in [3.63, 3.8) is 0 Å². The van der Waals surface area contributed by atoms with Gasteiger partial charge in [0.1, 0.15) is 24.6 Å². The number of carbonyl (C=O) groups is 4. The number of methoxy groups -OCH3 is 1. The quantitative estimate of drug-likeness (QED) is 0.419. The number of esters is 4. The van der Waals surface area contributed by atoms with E-state index >= 15 is 0 Å². The molecule has 5 atom stereocenters. The Morgan fingerprint density at radius 1 is 0.886 bits per heavy atom. The van der Waals surface area contributed by atoms with Gasteiger partial charge in [-0.05, 0) is 18.2 Å². The van der Waals surface area contributed by atoms with E-state index in [0.717, 1.165) is 10.9 Å². The molecule has 0 bridgehead atoms. The molecule has 0 N–H and O–H groups in total. The Balaban J connectivity index is 2.18. The van der Waals surface area contributed by atoms with E-state index in [1.54, 1.807) is 18.3 Å². The molecule has 0 saturated carbocycles. The normalized spacial score (nSPS) is 23.9. The van der Waals surface area contributed by atoms with E-state index in [0.29, 0.717) is 11.3 Å². The molecule has 1 fully saturated rings. The van der Waals surface area contributed by atoms with E-state index in [2.05, 4.69) is 0 Å². The molecule has 11 heteroatoms. The number of rotatable bonds is 7. The van der Waals surface area contributed by atoms with Crippen molar-refractivity contribution < 1.29 is 47.6 Å². The fraction of sp³-hybridized carbons (Fsp3) is 0.500. The number of hydrogen-bond donors (Lipinski definition) is 0. The van der Waals surface area contributed by atoms with Gasteiger partial charge in [-0.25, -0.2) is 0 Å². The zero-order valence-electron chi connectivity index (χ0n) is 20.4. The summed E-state index contributed by atoms with van der Waals surface area (Å²) in [6.45, 7) is 4.51. The highest BCUT2D eigenvalue weighted by Crippen LogP contribution is 2.41. The molecule has 2 heterocycles. The second-order valence-electron chi connectivity index (χ2n) is 8.20. The summed E-state index contributed by atoms with van der Waals surface area (Å²) >= 11 is 0. The average Bonchev–Trinajstić information content (AvgIpc) is 3.09. The Hall–Kier alpha value is -3.60.